The highest BCUT2D eigenvalue weighted by molar-refractivity contribution is 5.88. The number of imidazole rings is 1. The zero-order valence-electron chi connectivity index (χ0n) is 12.3. The second-order valence-electron chi connectivity index (χ2n) is 5.18. The molecule has 0 atom stereocenters. The van der Waals surface area contributed by atoms with Crippen molar-refractivity contribution >= 4 is 22.7 Å². The summed E-state index contributed by atoms with van der Waals surface area (Å²) in [6.07, 6.45) is 0.807. The number of aromatic carboxylic acids is 1. The fourth-order valence-corrected chi connectivity index (χ4v) is 2.60. The predicted octanol–water partition coefficient (Wildman–Crippen LogP) is 2.93. The number of rotatable bonds is 4. The number of nitrogen functional groups attached to an aromatic ring is 1. The number of para-hydroxylation sites is 1. The third-order valence-corrected chi connectivity index (χ3v) is 3.75. The van der Waals surface area contributed by atoms with E-state index in [1.165, 1.54) is 0 Å². The van der Waals surface area contributed by atoms with Gasteiger partial charge in [0.2, 0.25) is 0 Å². The standard InChI is InChI=1S/C17H17N3O2/c1-2-15-19-16-13(18)4-3-5-14(16)20(15)10-11-6-8-12(9-7-11)17(21)22/h3-9H,2,10,18H2,1H3,(H,21,22). The molecule has 0 bridgehead atoms. The summed E-state index contributed by atoms with van der Waals surface area (Å²) < 4.78 is 2.13. The third kappa shape index (κ3) is 2.41. The van der Waals surface area contributed by atoms with Crippen molar-refractivity contribution in [3.8, 4) is 0 Å². The first-order valence-electron chi connectivity index (χ1n) is 7.16. The summed E-state index contributed by atoms with van der Waals surface area (Å²) in [6, 6.07) is 12.7. The van der Waals surface area contributed by atoms with Gasteiger partial charge in [0.1, 0.15) is 11.3 Å². The van der Waals surface area contributed by atoms with E-state index in [0.29, 0.717) is 17.8 Å². The quantitative estimate of drug-likeness (QED) is 0.725. The van der Waals surface area contributed by atoms with E-state index in [0.717, 1.165) is 28.8 Å². The van der Waals surface area contributed by atoms with Crippen molar-refractivity contribution in [3.63, 3.8) is 0 Å². The molecule has 0 unspecified atom stereocenters. The molecule has 1 heterocycles. The van der Waals surface area contributed by atoms with Crippen LogP contribution in [0.15, 0.2) is 42.5 Å². The Morgan fingerprint density at radius 2 is 1.95 bits per heavy atom. The zero-order chi connectivity index (χ0) is 15.7. The number of nitrogens with zero attached hydrogens (tertiary/aromatic N) is 2. The SMILES string of the molecule is CCc1nc2c(N)cccc2n1Cc1ccc(C(=O)O)cc1. The molecule has 3 rings (SSSR count). The Balaban J connectivity index is 2.02. The van der Waals surface area contributed by atoms with E-state index in [1.807, 2.05) is 30.3 Å². The molecular formula is C17H17N3O2. The van der Waals surface area contributed by atoms with Crippen LogP contribution in [0, 0.1) is 0 Å². The number of anilines is 1. The van der Waals surface area contributed by atoms with Crippen LogP contribution in [-0.2, 0) is 13.0 Å². The van der Waals surface area contributed by atoms with Crippen molar-refractivity contribution in [1.82, 2.24) is 9.55 Å². The van der Waals surface area contributed by atoms with Gasteiger partial charge in [0.05, 0.1) is 16.8 Å². The average Bonchev–Trinajstić information content (AvgIpc) is 2.87. The monoisotopic (exact) mass is 295 g/mol. The highest BCUT2D eigenvalue weighted by atomic mass is 16.4. The molecule has 1 aromatic heterocycles. The van der Waals surface area contributed by atoms with Crippen molar-refractivity contribution in [2.75, 3.05) is 5.73 Å². The number of carboxylic acids is 1. The van der Waals surface area contributed by atoms with E-state index in [9.17, 15) is 4.79 Å². The Labute approximate surface area is 128 Å². The van der Waals surface area contributed by atoms with Crippen LogP contribution in [0.2, 0.25) is 0 Å². The van der Waals surface area contributed by atoms with Crippen molar-refractivity contribution in [2.24, 2.45) is 0 Å². The van der Waals surface area contributed by atoms with Crippen LogP contribution >= 0.6 is 0 Å². The molecule has 0 aliphatic carbocycles. The lowest BCUT2D eigenvalue weighted by Crippen LogP contribution is -2.05. The van der Waals surface area contributed by atoms with Gasteiger partial charge in [0.25, 0.3) is 0 Å². The maximum Gasteiger partial charge on any atom is 0.335 e. The second kappa shape index (κ2) is 5.52. The molecule has 3 N–H and O–H groups in total. The first-order chi connectivity index (χ1) is 10.6. The van der Waals surface area contributed by atoms with E-state index < -0.39 is 5.97 Å². The molecule has 22 heavy (non-hydrogen) atoms. The molecule has 0 aliphatic heterocycles. The molecule has 0 spiro atoms. The lowest BCUT2D eigenvalue weighted by atomic mass is 10.1. The van der Waals surface area contributed by atoms with Gasteiger partial charge in [0, 0.05) is 13.0 Å². The van der Waals surface area contributed by atoms with Crippen molar-refractivity contribution in [3.05, 3.63) is 59.4 Å². The topological polar surface area (TPSA) is 81.1 Å². The van der Waals surface area contributed by atoms with Gasteiger partial charge >= 0.3 is 5.97 Å². The average molecular weight is 295 g/mol. The summed E-state index contributed by atoms with van der Waals surface area (Å²) in [5.74, 6) is 0.0527. The number of nitrogens with two attached hydrogens (primary N) is 1. The largest absolute Gasteiger partial charge is 0.478 e. The van der Waals surface area contributed by atoms with E-state index in [2.05, 4.69) is 16.5 Å². The normalized spacial score (nSPS) is 11.0. The van der Waals surface area contributed by atoms with E-state index >= 15 is 0 Å². The maximum absolute atomic E-state index is 10.9. The Morgan fingerprint density at radius 1 is 1.23 bits per heavy atom. The lowest BCUT2D eigenvalue weighted by molar-refractivity contribution is 0.0697. The Kier molecular flexibility index (Phi) is 3.55. The van der Waals surface area contributed by atoms with Crippen LogP contribution in [0.4, 0.5) is 5.69 Å². The Hall–Kier alpha value is -2.82. The number of benzene rings is 2. The number of fused-ring (bicyclic) bond motifs is 1. The van der Waals surface area contributed by atoms with Crippen LogP contribution in [0.3, 0.4) is 0 Å². The van der Waals surface area contributed by atoms with Crippen LogP contribution in [0.25, 0.3) is 11.0 Å². The molecule has 5 nitrogen and oxygen atoms in total. The van der Waals surface area contributed by atoms with Gasteiger partial charge in [-0.3, -0.25) is 0 Å². The molecule has 2 aromatic carbocycles. The van der Waals surface area contributed by atoms with E-state index in [1.54, 1.807) is 12.1 Å². The third-order valence-electron chi connectivity index (χ3n) is 3.75. The molecule has 0 fully saturated rings. The lowest BCUT2D eigenvalue weighted by Gasteiger charge is -2.09. The van der Waals surface area contributed by atoms with E-state index in [4.69, 9.17) is 10.8 Å². The van der Waals surface area contributed by atoms with Gasteiger partial charge in [-0.25, -0.2) is 9.78 Å². The van der Waals surface area contributed by atoms with Gasteiger partial charge < -0.3 is 15.4 Å². The number of hydrogen-bond acceptors (Lipinski definition) is 3. The zero-order valence-corrected chi connectivity index (χ0v) is 12.3. The minimum atomic E-state index is -0.915. The van der Waals surface area contributed by atoms with Gasteiger partial charge in [-0.1, -0.05) is 25.1 Å². The number of aromatic nitrogens is 2. The molecule has 0 aliphatic rings. The molecule has 0 saturated carbocycles. The Morgan fingerprint density at radius 3 is 2.59 bits per heavy atom. The van der Waals surface area contributed by atoms with Gasteiger partial charge in [-0.15, -0.1) is 0 Å². The number of carbonyl (C=O) groups is 1. The Bertz CT molecular complexity index is 835. The molecule has 0 radical (unpaired) electrons. The van der Waals surface area contributed by atoms with Crippen LogP contribution in [-0.4, -0.2) is 20.6 Å². The summed E-state index contributed by atoms with van der Waals surface area (Å²) in [7, 11) is 0. The number of carboxylic acid groups (broad SMARTS) is 1. The predicted molar refractivity (Wildman–Crippen MR) is 86.0 cm³/mol. The number of hydrogen-bond donors (Lipinski definition) is 2. The van der Waals surface area contributed by atoms with Crippen LogP contribution in [0.1, 0.15) is 28.7 Å². The highest BCUT2D eigenvalue weighted by Gasteiger charge is 2.12. The summed E-state index contributed by atoms with van der Waals surface area (Å²) >= 11 is 0. The van der Waals surface area contributed by atoms with Gasteiger partial charge in [-0.05, 0) is 29.8 Å². The molecule has 3 aromatic rings. The number of aryl methyl sites for hydroxylation is 1. The summed E-state index contributed by atoms with van der Waals surface area (Å²) in [5.41, 5.74) is 9.81. The summed E-state index contributed by atoms with van der Waals surface area (Å²) in [6.45, 7) is 2.70. The van der Waals surface area contributed by atoms with Crippen molar-refractivity contribution in [2.45, 2.75) is 19.9 Å². The van der Waals surface area contributed by atoms with E-state index in [-0.39, 0.29) is 0 Å². The molecular weight excluding hydrogens is 278 g/mol. The van der Waals surface area contributed by atoms with Crippen LogP contribution in [0.5, 0.6) is 0 Å². The summed E-state index contributed by atoms with van der Waals surface area (Å²) in [5, 5.41) is 8.96. The fourth-order valence-electron chi connectivity index (χ4n) is 2.60. The molecule has 112 valence electrons. The highest BCUT2D eigenvalue weighted by Crippen LogP contribution is 2.23. The van der Waals surface area contributed by atoms with Gasteiger partial charge in [0.15, 0.2) is 0 Å². The molecule has 0 amide bonds. The second-order valence-corrected chi connectivity index (χ2v) is 5.18. The minimum Gasteiger partial charge on any atom is -0.478 e. The molecule has 5 heteroatoms. The van der Waals surface area contributed by atoms with Crippen LogP contribution < -0.4 is 5.73 Å². The summed E-state index contributed by atoms with van der Waals surface area (Å²) in [4.78, 5) is 15.5. The van der Waals surface area contributed by atoms with Crippen molar-refractivity contribution in [1.29, 1.82) is 0 Å². The first kappa shape index (κ1) is 14.1. The first-order valence-corrected chi connectivity index (χ1v) is 7.16. The van der Waals surface area contributed by atoms with Crippen molar-refractivity contribution < 1.29 is 9.90 Å². The smallest absolute Gasteiger partial charge is 0.335 e. The molecule has 0 saturated heterocycles. The minimum absolute atomic E-state index is 0.291. The fraction of sp³-hybridized carbons (Fsp3) is 0.176. The van der Waals surface area contributed by atoms with Gasteiger partial charge in [-0.2, -0.15) is 0 Å². The maximum atomic E-state index is 10.9.